The molecular formula is C16H22OSi. The van der Waals surface area contributed by atoms with Crippen LogP contribution in [0.1, 0.15) is 30.1 Å². The van der Waals surface area contributed by atoms with E-state index in [9.17, 15) is 4.79 Å². The fourth-order valence-electron chi connectivity index (χ4n) is 3.17. The molecule has 0 aromatic heterocycles. The van der Waals surface area contributed by atoms with Crippen LogP contribution in [0.15, 0.2) is 41.1 Å². The lowest BCUT2D eigenvalue weighted by Crippen LogP contribution is -2.31. The summed E-state index contributed by atoms with van der Waals surface area (Å²) in [4.78, 5) is 12.6. The Morgan fingerprint density at radius 1 is 1.17 bits per heavy atom. The van der Waals surface area contributed by atoms with E-state index in [0.29, 0.717) is 5.78 Å². The van der Waals surface area contributed by atoms with Crippen LogP contribution in [0.3, 0.4) is 0 Å². The van der Waals surface area contributed by atoms with Gasteiger partial charge in [-0.25, -0.2) is 0 Å². The first-order chi connectivity index (χ1) is 8.41. The third kappa shape index (κ3) is 2.48. The molecule has 1 aromatic carbocycles. The second-order valence-electron chi connectivity index (χ2n) is 6.27. The minimum Gasteiger partial charge on any atom is -0.294 e. The number of Topliss-reactive ketones (excluding diaryl/α,β-unsaturated/α-hetero) is 1. The third-order valence-electron chi connectivity index (χ3n) is 3.80. The van der Waals surface area contributed by atoms with Crippen molar-refractivity contribution in [1.82, 2.24) is 0 Å². The van der Waals surface area contributed by atoms with Gasteiger partial charge in [-0.1, -0.05) is 60.7 Å². The maximum atomic E-state index is 12.6. The van der Waals surface area contributed by atoms with E-state index < -0.39 is 8.07 Å². The van der Waals surface area contributed by atoms with Crippen molar-refractivity contribution in [1.29, 1.82) is 0 Å². The fourth-order valence-corrected chi connectivity index (χ4v) is 5.89. The number of benzene rings is 1. The van der Waals surface area contributed by atoms with Gasteiger partial charge in [0, 0.05) is 11.5 Å². The van der Waals surface area contributed by atoms with Crippen LogP contribution in [0.25, 0.3) is 0 Å². The first-order valence-electron chi connectivity index (χ1n) is 6.70. The SMILES string of the molecule is CC1=C([Si](C)(C)C)C(C(=O)c2ccccc2)CC1. The Kier molecular flexibility index (Phi) is 3.58. The third-order valence-corrected chi connectivity index (χ3v) is 6.19. The van der Waals surface area contributed by atoms with Crippen molar-refractivity contribution in [2.75, 3.05) is 0 Å². The maximum Gasteiger partial charge on any atom is 0.169 e. The van der Waals surface area contributed by atoms with Gasteiger partial charge in [0.1, 0.15) is 0 Å². The topological polar surface area (TPSA) is 17.1 Å². The van der Waals surface area contributed by atoms with Gasteiger partial charge in [0.15, 0.2) is 5.78 Å². The number of rotatable bonds is 3. The summed E-state index contributed by atoms with van der Waals surface area (Å²) in [5, 5.41) is 1.50. The molecule has 0 radical (unpaired) electrons. The highest BCUT2D eigenvalue weighted by molar-refractivity contribution is 6.83. The first-order valence-corrected chi connectivity index (χ1v) is 10.2. The summed E-state index contributed by atoms with van der Waals surface area (Å²) in [5.41, 5.74) is 2.34. The summed E-state index contributed by atoms with van der Waals surface area (Å²) < 4.78 is 0. The van der Waals surface area contributed by atoms with Gasteiger partial charge in [0.25, 0.3) is 0 Å². The fraction of sp³-hybridized carbons (Fsp3) is 0.438. The molecule has 1 atom stereocenters. The smallest absolute Gasteiger partial charge is 0.169 e. The molecule has 0 bridgehead atoms. The zero-order chi connectivity index (χ0) is 13.3. The molecule has 1 aromatic rings. The van der Waals surface area contributed by atoms with E-state index in [1.165, 1.54) is 10.8 Å². The summed E-state index contributed by atoms with van der Waals surface area (Å²) in [5.74, 6) is 0.476. The molecular weight excluding hydrogens is 236 g/mol. The number of hydrogen-bond donors (Lipinski definition) is 0. The predicted octanol–water partition coefficient (Wildman–Crippen LogP) is 4.47. The lowest BCUT2D eigenvalue weighted by Gasteiger charge is -2.25. The van der Waals surface area contributed by atoms with Crippen LogP contribution in [0.4, 0.5) is 0 Å². The monoisotopic (exact) mass is 258 g/mol. The van der Waals surface area contributed by atoms with Gasteiger partial charge in [-0.2, -0.15) is 0 Å². The van der Waals surface area contributed by atoms with Gasteiger partial charge >= 0.3 is 0 Å². The van der Waals surface area contributed by atoms with Crippen molar-refractivity contribution in [3.8, 4) is 0 Å². The van der Waals surface area contributed by atoms with Crippen LogP contribution in [0.2, 0.25) is 19.6 Å². The van der Waals surface area contributed by atoms with Gasteiger partial charge in [0.05, 0.1) is 8.07 Å². The highest BCUT2D eigenvalue weighted by atomic mass is 28.3. The standard InChI is InChI=1S/C16H22OSi/c1-12-10-11-14(16(12)18(2,3)4)15(17)13-8-6-5-7-9-13/h5-9,14H,10-11H2,1-4H3. The van der Waals surface area contributed by atoms with Crippen molar-refractivity contribution in [3.63, 3.8) is 0 Å². The number of carbonyl (C=O) groups excluding carboxylic acids is 1. The molecule has 0 heterocycles. The molecule has 0 saturated carbocycles. The summed E-state index contributed by atoms with van der Waals surface area (Å²) in [7, 11) is -1.39. The van der Waals surface area contributed by atoms with Crippen LogP contribution < -0.4 is 0 Å². The van der Waals surface area contributed by atoms with E-state index in [0.717, 1.165) is 18.4 Å². The van der Waals surface area contributed by atoms with Crippen molar-refractivity contribution in [3.05, 3.63) is 46.7 Å². The van der Waals surface area contributed by atoms with Gasteiger partial charge in [-0.05, 0) is 19.8 Å². The lowest BCUT2D eigenvalue weighted by atomic mass is 9.97. The van der Waals surface area contributed by atoms with E-state index in [1.807, 2.05) is 30.3 Å². The van der Waals surface area contributed by atoms with Crippen LogP contribution in [0, 0.1) is 5.92 Å². The quantitative estimate of drug-likeness (QED) is 0.577. The molecule has 1 aliphatic rings. The van der Waals surface area contributed by atoms with Gasteiger partial charge in [-0.3, -0.25) is 4.79 Å². The summed E-state index contributed by atoms with van der Waals surface area (Å²) in [6.07, 6.45) is 2.11. The molecule has 0 saturated heterocycles. The van der Waals surface area contributed by atoms with Gasteiger partial charge in [0.2, 0.25) is 0 Å². The van der Waals surface area contributed by atoms with Crippen molar-refractivity contribution >= 4 is 13.9 Å². The zero-order valence-electron chi connectivity index (χ0n) is 11.8. The summed E-state index contributed by atoms with van der Waals surface area (Å²) in [6, 6.07) is 9.75. The first kappa shape index (κ1) is 13.3. The summed E-state index contributed by atoms with van der Waals surface area (Å²) >= 11 is 0. The molecule has 0 amide bonds. The molecule has 2 heteroatoms. The van der Waals surface area contributed by atoms with Crippen LogP contribution >= 0.6 is 0 Å². The molecule has 2 rings (SSSR count). The van der Waals surface area contributed by atoms with Crippen molar-refractivity contribution in [2.45, 2.75) is 39.4 Å². The Morgan fingerprint density at radius 2 is 1.78 bits per heavy atom. The summed E-state index contributed by atoms with van der Waals surface area (Å²) in [6.45, 7) is 9.26. The molecule has 96 valence electrons. The number of allylic oxidation sites excluding steroid dienone is 2. The molecule has 0 spiro atoms. The second-order valence-corrected chi connectivity index (χ2v) is 11.3. The molecule has 18 heavy (non-hydrogen) atoms. The van der Waals surface area contributed by atoms with Crippen LogP contribution in [-0.2, 0) is 0 Å². The van der Waals surface area contributed by atoms with E-state index in [2.05, 4.69) is 26.6 Å². The molecule has 1 nitrogen and oxygen atoms in total. The minimum absolute atomic E-state index is 0.152. The van der Waals surface area contributed by atoms with E-state index in [1.54, 1.807) is 0 Å². The molecule has 1 unspecified atom stereocenters. The average molecular weight is 258 g/mol. The number of carbonyl (C=O) groups is 1. The molecule has 0 N–H and O–H groups in total. The largest absolute Gasteiger partial charge is 0.294 e. The predicted molar refractivity (Wildman–Crippen MR) is 79.5 cm³/mol. The molecule has 1 aliphatic carbocycles. The number of hydrogen-bond acceptors (Lipinski definition) is 1. The Balaban J connectivity index is 2.33. The van der Waals surface area contributed by atoms with Crippen LogP contribution in [-0.4, -0.2) is 13.9 Å². The molecule has 0 fully saturated rings. The van der Waals surface area contributed by atoms with Gasteiger partial charge in [-0.15, -0.1) is 0 Å². The van der Waals surface area contributed by atoms with Crippen molar-refractivity contribution < 1.29 is 4.79 Å². The Labute approximate surface area is 111 Å². The highest BCUT2D eigenvalue weighted by Gasteiger charge is 2.36. The minimum atomic E-state index is -1.39. The second kappa shape index (κ2) is 4.85. The van der Waals surface area contributed by atoms with Gasteiger partial charge < -0.3 is 0 Å². The number of ketones is 1. The van der Waals surface area contributed by atoms with E-state index >= 15 is 0 Å². The Hall–Kier alpha value is -1.15. The lowest BCUT2D eigenvalue weighted by molar-refractivity contribution is 0.0942. The molecule has 0 aliphatic heterocycles. The van der Waals surface area contributed by atoms with E-state index in [4.69, 9.17) is 0 Å². The maximum absolute atomic E-state index is 12.6. The zero-order valence-corrected chi connectivity index (χ0v) is 12.8. The Bertz CT molecular complexity index is 480. The van der Waals surface area contributed by atoms with Crippen molar-refractivity contribution in [2.24, 2.45) is 5.92 Å². The highest BCUT2D eigenvalue weighted by Crippen LogP contribution is 2.39. The van der Waals surface area contributed by atoms with E-state index in [-0.39, 0.29) is 5.92 Å². The van der Waals surface area contributed by atoms with Crippen LogP contribution in [0.5, 0.6) is 0 Å². The normalized spacial score (nSPS) is 20.3. The average Bonchev–Trinajstić information content (AvgIpc) is 2.71. The Morgan fingerprint density at radius 3 is 2.33 bits per heavy atom.